The molecule has 0 aromatic heterocycles. The Morgan fingerprint density at radius 2 is 1.40 bits per heavy atom. The molecule has 0 aliphatic carbocycles. The van der Waals surface area contributed by atoms with Crippen molar-refractivity contribution in [2.75, 3.05) is 45.7 Å². The van der Waals surface area contributed by atoms with E-state index in [1.807, 2.05) is 106 Å². The van der Waals surface area contributed by atoms with Crippen LogP contribution in [0.3, 0.4) is 0 Å². The minimum Gasteiger partial charge on any atom is -0.380 e. The maximum atomic E-state index is 14.5. The summed E-state index contributed by atoms with van der Waals surface area (Å²) in [7, 11) is -1.27. The molecule has 0 saturated carbocycles. The van der Waals surface area contributed by atoms with E-state index in [1.54, 1.807) is 34.9 Å². The Morgan fingerprint density at radius 1 is 0.788 bits per heavy atom. The lowest BCUT2D eigenvalue weighted by molar-refractivity contribution is -0.141. The van der Waals surface area contributed by atoms with E-state index < -0.39 is 115 Å². The van der Waals surface area contributed by atoms with Crippen LogP contribution in [0, 0.1) is 28.1 Å². The average Bonchev–Trinajstić information content (AvgIpc) is 3.10. The number of rotatable bonds is 32. The van der Waals surface area contributed by atoms with Gasteiger partial charge in [-0.3, -0.25) is 43.3 Å². The molecule has 0 bridgehead atoms. The number of aryl methyl sites for hydroxylation is 1. The highest BCUT2D eigenvalue weighted by Gasteiger charge is 2.42. The molecule has 6 atom stereocenters. The fourth-order valence-electron chi connectivity index (χ4n) is 9.90. The molecule has 472 valence electrons. The Labute approximate surface area is 503 Å². The fourth-order valence-corrected chi connectivity index (χ4v) is 11.0. The van der Waals surface area contributed by atoms with Crippen molar-refractivity contribution in [3.63, 3.8) is 0 Å². The van der Waals surface area contributed by atoms with Crippen LogP contribution in [0.15, 0.2) is 77.2 Å². The molecule has 1 heterocycles. The molecule has 0 saturated heterocycles. The zero-order chi connectivity index (χ0) is 64.6. The maximum Gasteiger partial charge on any atom is 0.312 e. The van der Waals surface area contributed by atoms with Gasteiger partial charge in [0.05, 0.1) is 30.2 Å². The van der Waals surface area contributed by atoms with Gasteiger partial charge in [0.1, 0.15) is 18.1 Å². The maximum absolute atomic E-state index is 14.5. The molecule has 3 rings (SSSR count). The van der Waals surface area contributed by atoms with Crippen LogP contribution in [0.2, 0.25) is 0 Å². The molecule has 22 nitrogen and oxygen atoms in total. The van der Waals surface area contributed by atoms with Crippen molar-refractivity contribution < 1.29 is 56.3 Å². The molecule has 0 fully saturated rings. The van der Waals surface area contributed by atoms with Crippen LogP contribution < -0.4 is 42.4 Å². The number of nitrogens with one attached hydrogen (secondary N) is 7. The van der Waals surface area contributed by atoms with Crippen LogP contribution in [0.25, 0.3) is 0 Å². The van der Waals surface area contributed by atoms with E-state index in [4.69, 9.17) is 10.5 Å². The molecule has 2 aromatic carbocycles. The van der Waals surface area contributed by atoms with Gasteiger partial charge in [-0.25, -0.2) is 17.9 Å². The van der Waals surface area contributed by atoms with Crippen LogP contribution in [-0.4, -0.2) is 142 Å². The third-order valence-electron chi connectivity index (χ3n) is 15.4. The predicted molar refractivity (Wildman–Crippen MR) is 328 cm³/mol. The summed E-state index contributed by atoms with van der Waals surface area (Å²) in [5.41, 5.74) is 4.12. The highest BCUT2D eigenvalue weighted by Crippen LogP contribution is 2.31. The number of amides is 10. The Kier molecular flexibility index (Phi) is 26.3. The molecule has 2 aromatic rings. The second-order valence-electron chi connectivity index (χ2n) is 25.6. The van der Waals surface area contributed by atoms with E-state index in [9.17, 15) is 51.6 Å². The van der Waals surface area contributed by atoms with Gasteiger partial charge in [-0.2, -0.15) is 0 Å². The number of ether oxygens (including phenoxy) is 1. The van der Waals surface area contributed by atoms with Gasteiger partial charge in [0.25, 0.3) is 27.7 Å². The van der Waals surface area contributed by atoms with E-state index in [1.165, 1.54) is 48.3 Å². The van der Waals surface area contributed by atoms with Crippen LogP contribution >= 0.6 is 0 Å². The average molecular weight is 1210 g/mol. The SMILES string of the molecule is CCc1cc(S(=O)(=O)NC(=O)C(C)=CC(C(C)C)N(C)C(=O)C(NC(=O)C(NC)C(C)(C)c2ccccc2)C(C)(C)C)ccc1NC(=O)C(CCCNC(N)=O)NC(=O)C(NC(=O)CC(C)(CC)COCC(C)(C)CN1C(=O)C=CC1=O)C(C)C. The number of benzene rings is 2. The summed E-state index contributed by atoms with van der Waals surface area (Å²) in [5.74, 6) is -4.99. The summed E-state index contributed by atoms with van der Waals surface area (Å²) < 4.78 is 36.1. The topological polar surface area (TPSA) is 314 Å². The number of sulfonamides is 1. The number of anilines is 1. The van der Waals surface area contributed by atoms with E-state index in [2.05, 4.69) is 36.6 Å². The lowest BCUT2D eigenvalue weighted by Crippen LogP contribution is -2.61. The number of likely N-dealkylation sites (N-methyl/N-ethyl adjacent to an activating group) is 2. The molecular formula is C62H96N10O12S. The number of hydrogen-bond acceptors (Lipinski definition) is 13. The molecule has 10 amide bonds. The summed E-state index contributed by atoms with van der Waals surface area (Å²) in [6, 6.07) is 7.97. The number of primary amides is 1. The zero-order valence-electron chi connectivity index (χ0n) is 53.0. The quantitative estimate of drug-likeness (QED) is 0.0260. The van der Waals surface area contributed by atoms with Crippen molar-refractivity contribution >= 4 is 69.0 Å². The number of carbonyl (C=O) groups excluding carboxylic acids is 9. The van der Waals surface area contributed by atoms with Gasteiger partial charge in [0.2, 0.25) is 29.5 Å². The highest BCUT2D eigenvalue weighted by molar-refractivity contribution is 7.90. The Bertz CT molecular complexity index is 2880. The van der Waals surface area contributed by atoms with Crippen molar-refractivity contribution in [1.82, 2.24) is 41.1 Å². The van der Waals surface area contributed by atoms with Crippen molar-refractivity contribution in [2.45, 2.75) is 176 Å². The Balaban J connectivity index is 1.79. The number of urea groups is 1. The minimum atomic E-state index is -4.53. The molecule has 85 heavy (non-hydrogen) atoms. The number of nitrogens with zero attached hydrogens (tertiary/aromatic N) is 2. The first kappa shape index (κ1) is 72.3. The van der Waals surface area contributed by atoms with Crippen molar-refractivity contribution in [3.8, 4) is 0 Å². The largest absolute Gasteiger partial charge is 0.380 e. The fraction of sp³-hybridized carbons (Fsp3) is 0.597. The third kappa shape index (κ3) is 20.9. The van der Waals surface area contributed by atoms with Gasteiger partial charge in [0.15, 0.2) is 0 Å². The van der Waals surface area contributed by atoms with E-state index >= 15 is 0 Å². The summed E-state index contributed by atoms with van der Waals surface area (Å²) in [6.45, 7) is 27.9. The molecule has 1 aliphatic rings. The minimum absolute atomic E-state index is 0.00375. The monoisotopic (exact) mass is 1200 g/mol. The molecule has 0 spiro atoms. The zero-order valence-corrected chi connectivity index (χ0v) is 53.9. The van der Waals surface area contributed by atoms with Gasteiger partial charge in [0, 0.05) is 60.8 Å². The number of imide groups is 1. The van der Waals surface area contributed by atoms with Crippen molar-refractivity contribution in [3.05, 3.63) is 83.5 Å². The van der Waals surface area contributed by atoms with E-state index in [0.717, 1.165) is 10.5 Å². The molecular weight excluding hydrogens is 1110 g/mol. The van der Waals surface area contributed by atoms with E-state index in [0.29, 0.717) is 12.0 Å². The van der Waals surface area contributed by atoms with Gasteiger partial charge in [-0.15, -0.1) is 0 Å². The first-order valence-electron chi connectivity index (χ1n) is 29.1. The molecule has 0 radical (unpaired) electrons. The highest BCUT2D eigenvalue weighted by atomic mass is 32.2. The second-order valence-corrected chi connectivity index (χ2v) is 27.3. The summed E-state index contributed by atoms with van der Waals surface area (Å²) in [4.78, 5) is 122. The normalized spacial score (nSPS) is 15.8. The van der Waals surface area contributed by atoms with Gasteiger partial charge in [-0.05, 0) is 91.6 Å². The lowest BCUT2D eigenvalue weighted by atomic mass is 9.76. The predicted octanol–water partition coefficient (Wildman–Crippen LogP) is 5.37. The van der Waals surface area contributed by atoms with Crippen molar-refractivity contribution in [2.24, 2.45) is 33.8 Å². The van der Waals surface area contributed by atoms with Crippen LogP contribution in [0.4, 0.5) is 10.5 Å². The molecule has 9 N–H and O–H groups in total. The number of hydrogen-bond donors (Lipinski definition) is 8. The van der Waals surface area contributed by atoms with Crippen LogP contribution in [0.1, 0.15) is 141 Å². The third-order valence-corrected chi connectivity index (χ3v) is 16.8. The molecule has 23 heteroatoms. The Hall–Kier alpha value is -6.98. The van der Waals surface area contributed by atoms with Crippen LogP contribution in [0.5, 0.6) is 0 Å². The number of carbonyl (C=O) groups is 9. The lowest BCUT2D eigenvalue weighted by Gasteiger charge is -2.40. The van der Waals surface area contributed by atoms with Crippen LogP contribution in [-0.2, 0) is 65.0 Å². The number of nitrogens with two attached hydrogens (primary N) is 1. The second kappa shape index (κ2) is 30.9. The molecule has 1 aliphatic heterocycles. The first-order valence-corrected chi connectivity index (χ1v) is 30.6. The first-order chi connectivity index (χ1) is 39.3. The van der Waals surface area contributed by atoms with Gasteiger partial charge >= 0.3 is 6.03 Å². The standard InChI is InChI=1S/C62H96N10O12S/c1-18-41-33-43(85(82,83)70-53(76)40(7)32-46(38(3)4)71(17)57(80)52(59(8,9)10)69-56(79)51(64-16)61(13,14)42-24-21-20-22-25-42)27-28-44(41)66-54(77)45(26-23-31-65-58(63)81)67-55(78)50(39(5)6)68-47(73)34-62(15,19-2)37-84-36-60(11,12)35-72-48(74)29-30-49(72)75/h20-22,24-25,27-30,32-33,38-39,45-46,50-52,64H,18-19,23,26,31,34-37H2,1-17H3,(H,66,77)(H,67,78)(H,68,73)(H,69,79)(H,70,76)(H3,63,65,81). The Morgan fingerprint density at radius 3 is 1.93 bits per heavy atom. The van der Waals surface area contributed by atoms with Gasteiger partial charge in [-0.1, -0.05) is 133 Å². The van der Waals surface area contributed by atoms with E-state index in [-0.39, 0.29) is 80.0 Å². The summed E-state index contributed by atoms with van der Waals surface area (Å²) >= 11 is 0. The van der Waals surface area contributed by atoms with Crippen molar-refractivity contribution in [1.29, 1.82) is 0 Å². The smallest absolute Gasteiger partial charge is 0.312 e. The summed E-state index contributed by atoms with van der Waals surface area (Å²) in [5, 5.41) is 17.0. The summed E-state index contributed by atoms with van der Waals surface area (Å²) in [6.07, 6.45) is 4.92. The molecule has 6 unspecified atom stereocenters. The van der Waals surface area contributed by atoms with Gasteiger partial charge < -0.3 is 47.3 Å².